The van der Waals surface area contributed by atoms with Crippen molar-refractivity contribution in [3.05, 3.63) is 17.5 Å². The molecule has 0 aromatic carbocycles. The first-order valence-electron chi connectivity index (χ1n) is 6.42. The lowest BCUT2D eigenvalue weighted by molar-refractivity contribution is 0.0779. The molecule has 1 rings (SSSR count). The van der Waals surface area contributed by atoms with Crippen molar-refractivity contribution in [1.82, 2.24) is 9.88 Å². The maximum absolute atomic E-state index is 12.4. The molecule has 1 heterocycles. The second kappa shape index (κ2) is 7.13. The third-order valence-electron chi connectivity index (χ3n) is 2.39. The topological polar surface area (TPSA) is 71.2 Å². The van der Waals surface area contributed by atoms with Crippen LogP contribution in [0.1, 0.15) is 36.9 Å². The quantitative estimate of drug-likeness (QED) is 0.754. The molecule has 0 spiro atoms. The summed E-state index contributed by atoms with van der Waals surface area (Å²) in [4.78, 5) is 18.8. The number of hydrogen-bond acceptors (Lipinski definition) is 5. The van der Waals surface area contributed by atoms with Crippen molar-refractivity contribution in [3.63, 3.8) is 0 Å². The van der Waals surface area contributed by atoms with Crippen LogP contribution < -0.4 is 11.1 Å². The van der Waals surface area contributed by atoms with E-state index in [-0.39, 0.29) is 11.9 Å². The lowest BCUT2D eigenvalue weighted by Crippen LogP contribution is -2.31. The van der Waals surface area contributed by atoms with E-state index in [9.17, 15) is 4.79 Å². The fourth-order valence-electron chi connectivity index (χ4n) is 1.64. The van der Waals surface area contributed by atoms with Gasteiger partial charge < -0.3 is 16.0 Å². The molecule has 3 N–H and O–H groups in total. The molecule has 1 aromatic heterocycles. The number of thiazole rings is 1. The van der Waals surface area contributed by atoms with Gasteiger partial charge in [-0.1, -0.05) is 24.3 Å². The van der Waals surface area contributed by atoms with Gasteiger partial charge in [-0.15, -0.1) is 6.58 Å². The van der Waals surface area contributed by atoms with Crippen LogP contribution in [0, 0.1) is 0 Å². The number of carbonyl (C=O) groups is 1. The SMILES string of the molecule is C=CCN(CCC)C(=O)c1sc(NC(C)C)nc1N. The molecule has 0 bridgehead atoms. The lowest BCUT2D eigenvalue weighted by Gasteiger charge is -2.19. The average Bonchev–Trinajstić information content (AvgIpc) is 2.68. The van der Waals surface area contributed by atoms with Crippen LogP contribution in [-0.2, 0) is 0 Å². The Labute approximate surface area is 118 Å². The van der Waals surface area contributed by atoms with Gasteiger partial charge in [-0.25, -0.2) is 4.98 Å². The number of aromatic nitrogens is 1. The molecule has 1 amide bonds. The summed E-state index contributed by atoms with van der Waals surface area (Å²) >= 11 is 1.30. The molecule has 0 unspecified atom stereocenters. The zero-order valence-corrected chi connectivity index (χ0v) is 12.6. The molecule has 106 valence electrons. The molecule has 5 nitrogen and oxygen atoms in total. The second-order valence-corrected chi connectivity index (χ2v) is 5.57. The Morgan fingerprint density at radius 1 is 1.63 bits per heavy atom. The van der Waals surface area contributed by atoms with Crippen molar-refractivity contribution in [2.24, 2.45) is 0 Å². The van der Waals surface area contributed by atoms with Gasteiger partial charge in [-0.3, -0.25) is 4.79 Å². The fourth-order valence-corrected chi connectivity index (χ4v) is 2.64. The van der Waals surface area contributed by atoms with E-state index in [1.165, 1.54) is 11.3 Å². The minimum absolute atomic E-state index is 0.0754. The minimum Gasteiger partial charge on any atom is -0.382 e. The number of nitrogens with two attached hydrogens (primary N) is 1. The predicted molar refractivity (Wildman–Crippen MR) is 81.7 cm³/mol. The molecule has 0 aliphatic rings. The van der Waals surface area contributed by atoms with E-state index in [4.69, 9.17) is 5.73 Å². The van der Waals surface area contributed by atoms with Gasteiger partial charge in [0.25, 0.3) is 5.91 Å². The minimum atomic E-state index is -0.0754. The zero-order valence-electron chi connectivity index (χ0n) is 11.8. The summed E-state index contributed by atoms with van der Waals surface area (Å²) in [5.41, 5.74) is 5.83. The summed E-state index contributed by atoms with van der Waals surface area (Å²) in [6.45, 7) is 11.0. The largest absolute Gasteiger partial charge is 0.382 e. The summed E-state index contributed by atoms with van der Waals surface area (Å²) in [7, 11) is 0. The van der Waals surface area contributed by atoms with E-state index >= 15 is 0 Å². The maximum atomic E-state index is 12.4. The van der Waals surface area contributed by atoms with Crippen LogP contribution >= 0.6 is 11.3 Å². The Morgan fingerprint density at radius 3 is 2.84 bits per heavy atom. The smallest absolute Gasteiger partial charge is 0.268 e. The van der Waals surface area contributed by atoms with Crippen LogP contribution in [0.3, 0.4) is 0 Å². The number of anilines is 2. The maximum Gasteiger partial charge on any atom is 0.268 e. The average molecular weight is 282 g/mol. The Morgan fingerprint density at radius 2 is 2.32 bits per heavy atom. The zero-order chi connectivity index (χ0) is 14.4. The highest BCUT2D eigenvalue weighted by Crippen LogP contribution is 2.26. The van der Waals surface area contributed by atoms with Crippen LogP contribution in [0.4, 0.5) is 10.9 Å². The second-order valence-electron chi connectivity index (χ2n) is 4.57. The molecular weight excluding hydrogens is 260 g/mol. The molecule has 1 aromatic rings. The van der Waals surface area contributed by atoms with Gasteiger partial charge in [0.2, 0.25) is 0 Å². The number of nitrogens with one attached hydrogen (secondary N) is 1. The highest BCUT2D eigenvalue weighted by atomic mass is 32.1. The molecule has 0 atom stereocenters. The van der Waals surface area contributed by atoms with Crippen molar-refractivity contribution in [3.8, 4) is 0 Å². The number of rotatable bonds is 7. The summed E-state index contributed by atoms with van der Waals surface area (Å²) in [6, 6.07) is 0.258. The molecule has 6 heteroatoms. The first kappa shape index (κ1) is 15.5. The number of hydrogen-bond donors (Lipinski definition) is 2. The Balaban J connectivity index is 2.90. The van der Waals surface area contributed by atoms with Crippen LogP contribution in [0.2, 0.25) is 0 Å². The van der Waals surface area contributed by atoms with Gasteiger partial charge in [-0.05, 0) is 20.3 Å². The summed E-state index contributed by atoms with van der Waals surface area (Å²) in [5.74, 6) is 0.219. The highest BCUT2D eigenvalue weighted by Gasteiger charge is 2.21. The number of nitrogens with zero attached hydrogens (tertiary/aromatic N) is 2. The van der Waals surface area contributed by atoms with Crippen molar-refractivity contribution in [1.29, 1.82) is 0 Å². The number of amides is 1. The Bertz CT molecular complexity index is 442. The van der Waals surface area contributed by atoms with Gasteiger partial charge >= 0.3 is 0 Å². The van der Waals surface area contributed by atoms with Gasteiger partial charge in [0.15, 0.2) is 5.13 Å². The summed E-state index contributed by atoms with van der Waals surface area (Å²) < 4.78 is 0. The highest BCUT2D eigenvalue weighted by molar-refractivity contribution is 7.18. The van der Waals surface area contributed by atoms with Gasteiger partial charge in [0.1, 0.15) is 10.7 Å². The van der Waals surface area contributed by atoms with Crippen LogP contribution in [0.25, 0.3) is 0 Å². The fraction of sp³-hybridized carbons (Fsp3) is 0.538. The predicted octanol–water partition coefficient (Wildman–Crippen LogP) is 2.58. The molecule has 0 aliphatic heterocycles. The standard InChI is InChI=1S/C13H22N4OS/c1-5-7-17(8-6-2)12(18)10-11(14)16-13(19-10)15-9(3)4/h5,9H,1,6-8,14H2,2-4H3,(H,15,16). The molecule has 0 saturated heterocycles. The van der Waals surface area contributed by atoms with Gasteiger partial charge in [0, 0.05) is 19.1 Å². The molecule has 19 heavy (non-hydrogen) atoms. The molecule has 0 saturated carbocycles. The molecular formula is C13H22N4OS. The first-order chi connectivity index (χ1) is 8.99. The van der Waals surface area contributed by atoms with Gasteiger partial charge in [0.05, 0.1) is 0 Å². The monoisotopic (exact) mass is 282 g/mol. The van der Waals surface area contributed by atoms with E-state index in [2.05, 4.69) is 16.9 Å². The van der Waals surface area contributed by atoms with E-state index in [0.29, 0.717) is 28.9 Å². The van der Waals surface area contributed by atoms with E-state index in [1.807, 2.05) is 20.8 Å². The van der Waals surface area contributed by atoms with E-state index < -0.39 is 0 Å². The third kappa shape index (κ3) is 4.24. The molecule has 0 fully saturated rings. The van der Waals surface area contributed by atoms with Crippen molar-refractivity contribution < 1.29 is 4.79 Å². The summed E-state index contributed by atoms with van der Waals surface area (Å²) in [6.07, 6.45) is 2.62. The van der Waals surface area contributed by atoms with Crippen molar-refractivity contribution in [2.45, 2.75) is 33.2 Å². The normalized spacial score (nSPS) is 10.5. The van der Waals surface area contributed by atoms with E-state index in [0.717, 1.165) is 6.42 Å². The third-order valence-corrected chi connectivity index (χ3v) is 3.38. The lowest BCUT2D eigenvalue weighted by atomic mass is 10.3. The molecule has 0 aliphatic carbocycles. The molecule has 0 radical (unpaired) electrons. The van der Waals surface area contributed by atoms with Crippen LogP contribution in [-0.4, -0.2) is 34.9 Å². The summed E-state index contributed by atoms with van der Waals surface area (Å²) in [5, 5.41) is 3.85. The van der Waals surface area contributed by atoms with Crippen LogP contribution in [0.5, 0.6) is 0 Å². The Kier molecular flexibility index (Phi) is 5.82. The van der Waals surface area contributed by atoms with Crippen LogP contribution in [0.15, 0.2) is 12.7 Å². The van der Waals surface area contributed by atoms with Crippen molar-refractivity contribution >= 4 is 28.2 Å². The van der Waals surface area contributed by atoms with Crippen molar-refractivity contribution in [2.75, 3.05) is 24.1 Å². The number of carbonyl (C=O) groups excluding carboxylic acids is 1. The Hall–Kier alpha value is -1.56. The number of nitrogen functional groups attached to an aromatic ring is 1. The van der Waals surface area contributed by atoms with E-state index in [1.54, 1.807) is 11.0 Å². The van der Waals surface area contributed by atoms with Gasteiger partial charge in [-0.2, -0.15) is 0 Å². The first-order valence-corrected chi connectivity index (χ1v) is 7.24.